The molecule has 2 aromatic rings. The van der Waals surface area contributed by atoms with E-state index >= 15 is 0 Å². The molecule has 0 radical (unpaired) electrons. The van der Waals surface area contributed by atoms with Gasteiger partial charge in [-0.3, -0.25) is 14.5 Å². The molecule has 1 N–H and O–H groups in total. The Labute approximate surface area is 152 Å². The molecular formula is C18H23N5O3. The standard InChI is InChI=1S/C18H23N5O3/c1-12-8-13(10-19-9-12)17(24)22-5-4-15-14(11-22)16(18(25)26)20-23(15)7-6-21(2)3/h8-10H,4-7,11H2,1-3H3,(H,25,26). The monoisotopic (exact) mass is 357 g/mol. The summed E-state index contributed by atoms with van der Waals surface area (Å²) in [6.07, 6.45) is 3.83. The van der Waals surface area contributed by atoms with Crippen molar-refractivity contribution in [3.63, 3.8) is 0 Å². The molecular weight excluding hydrogens is 334 g/mol. The summed E-state index contributed by atoms with van der Waals surface area (Å²) in [5, 5.41) is 13.8. The van der Waals surface area contributed by atoms with E-state index in [-0.39, 0.29) is 18.1 Å². The number of fused-ring (bicyclic) bond motifs is 1. The summed E-state index contributed by atoms with van der Waals surface area (Å²) < 4.78 is 1.77. The quantitative estimate of drug-likeness (QED) is 0.860. The minimum absolute atomic E-state index is 0.0404. The molecule has 0 fully saturated rings. The van der Waals surface area contributed by atoms with Gasteiger partial charge in [-0.25, -0.2) is 4.79 Å². The third-order valence-corrected chi connectivity index (χ3v) is 4.50. The Morgan fingerprint density at radius 3 is 2.73 bits per heavy atom. The Hall–Kier alpha value is -2.74. The Kier molecular flexibility index (Phi) is 5.03. The minimum Gasteiger partial charge on any atom is -0.476 e. The van der Waals surface area contributed by atoms with Gasteiger partial charge in [0.25, 0.3) is 5.91 Å². The van der Waals surface area contributed by atoms with Gasteiger partial charge in [0, 0.05) is 43.2 Å². The van der Waals surface area contributed by atoms with Crippen molar-refractivity contribution in [2.45, 2.75) is 26.4 Å². The van der Waals surface area contributed by atoms with Gasteiger partial charge in [0.2, 0.25) is 0 Å². The van der Waals surface area contributed by atoms with E-state index in [4.69, 9.17) is 0 Å². The van der Waals surface area contributed by atoms with E-state index in [1.54, 1.807) is 28.0 Å². The molecule has 1 aliphatic rings. The van der Waals surface area contributed by atoms with Crippen LogP contribution in [0.15, 0.2) is 18.5 Å². The molecule has 3 heterocycles. The Morgan fingerprint density at radius 1 is 1.31 bits per heavy atom. The van der Waals surface area contributed by atoms with Crippen LogP contribution in [0.3, 0.4) is 0 Å². The summed E-state index contributed by atoms with van der Waals surface area (Å²) in [4.78, 5) is 32.2. The molecule has 0 unspecified atom stereocenters. The number of nitrogens with zero attached hydrogens (tertiary/aromatic N) is 5. The van der Waals surface area contributed by atoms with Crippen molar-refractivity contribution in [2.75, 3.05) is 27.2 Å². The first kappa shape index (κ1) is 18.1. The van der Waals surface area contributed by atoms with Gasteiger partial charge < -0.3 is 14.9 Å². The molecule has 0 aliphatic carbocycles. The number of aromatic carboxylic acids is 1. The molecule has 0 saturated heterocycles. The second kappa shape index (κ2) is 7.25. The van der Waals surface area contributed by atoms with Gasteiger partial charge in [-0.2, -0.15) is 5.10 Å². The summed E-state index contributed by atoms with van der Waals surface area (Å²) in [6.45, 7) is 4.07. The zero-order chi connectivity index (χ0) is 18.8. The highest BCUT2D eigenvalue weighted by molar-refractivity contribution is 5.94. The molecule has 8 nitrogen and oxygen atoms in total. The number of likely N-dealkylation sites (N-methyl/N-ethyl adjacent to an activating group) is 1. The maximum absolute atomic E-state index is 12.8. The van der Waals surface area contributed by atoms with Crippen molar-refractivity contribution in [1.29, 1.82) is 0 Å². The van der Waals surface area contributed by atoms with Gasteiger partial charge in [-0.05, 0) is 32.6 Å². The number of hydrogen-bond donors (Lipinski definition) is 1. The van der Waals surface area contributed by atoms with Crippen LogP contribution in [0.2, 0.25) is 0 Å². The predicted octanol–water partition coefficient (Wildman–Crippen LogP) is 1.04. The third-order valence-electron chi connectivity index (χ3n) is 4.50. The maximum atomic E-state index is 12.8. The number of carbonyl (C=O) groups excluding carboxylic acids is 1. The van der Waals surface area contributed by atoms with Crippen LogP contribution in [0.1, 0.15) is 37.7 Å². The van der Waals surface area contributed by atoms with Gasteiger partial charge in [0.05, 0.1) is 18.7 Å². The van der Waals surface area contributed by atoms with Crippen LogP contribution in [0.4, 0.5) is 0 Å². The number of amides is 1. The van der Waals surface area contributed by atoms with Crippen molar-refractivity contribution in [2.24, 2.45) is 0 Å². The van der Waals surface area contributed by atoms with E-state index in [0.717, 1.165) is 17.8 Å². The van der Waals surface area contributed by atoms with E-state index in [1.165, 1.54) is 0 Å². The van der Waals surface area contributed by atoms with Crippen molar-refractivity contribution in [3.8, 4) is 0 Å². The molecule has 138 valence electrons. The zero-order valence-electron chi connectivity index (χ0n) is 15.3. The lowest BCUT2D eigenvalue weighted by Gasteiger charge is -2.28. The van der Waals surface area contributed by atoms with Crippen LogP contribution >= 0.6 is 0 Å². The van der Waals surface area contributed by atoms with E-state index < -0.39 is 5.97 Å². The second-order valence-electron chi connectivity index (χ2n) is 6.83. The van der Waals surface area contributed by atoms with E-state index in [2.05, 4.69) is 10.1 Å². The van der Waals surface area contributed by atoms with E-state index in [1.807, 2.05) is 25.9 Å². The predicted molar refractivity (Wildman–Crippen MR) is 95.2 cm³/mol. The van der Waals surface area contributed by atoms with Crippen LogP contribution in [0, 0.1) is 6.92 Å². The van der Waals surface area contributed by atoms with Gasteiger partial charge in [-0.1, -0.05) is 0 Å². The first-order chi connectivity index (χ1) is 12.4. The van der Waals surface area contributed by atoms with Gasteiger partial charge in [0.15, 0.2) is 5.69 Å². The number of carboxylic acids is 1. The van der Waals surface area contributed by atoms with Crippen LogP contribution in [-0.4, -0.2) is 68.7 Å². The topological polar surface area (TPSA) is 91.6 Å². The SMILES string of the molecule is Cc1cncc(C(=O)N2CCc3c(c(C(=O)O)nn3CCN(C)C)C2)c1. The lowest BCUT2D eigenvalue weighted by molar-refractivity contribution is 0.0674. The number of carboxylic acid groups (broad SMARTS) is 1. The van der Waals surface area contributed by atoms with Gasteiger partial charge in [-0.15, -0.1) is 0 Å². The van der Waals surface area contributed by atoms with Crippen LogP contribution < -0.4 is 0 Å². The van der Waals surface area contributed by atoms with Crippen molar-refractivity contribution < 1.29 is 14.7 Å². The van der Waals surface area contributed by atoms with Gasteiger partial charge in [0.1, 0.15) is 0 Å². The highest BCUT2D eigenvalue weighted by atomic mass is 16.4. The fourth-order valence-corrected chi connectivity index (χ4v) is 3.17. The second-order valence-corrected chi connectivity index (χ2v) is 6.83. The molecule has 0 saturated carbocycles. The van der Waals surface area contributed by atoms with Crippen molar-refractivity contribution >= 4 is 11.9 Å². The molecule has 2 aromatic heterocycles. The Balaban J connectivity index is 1.87. The van der Waals surface area contributed by atoms with Crippen molar-refractivity contribution in [3.05, 3.63) is 46.5 Å². The lowest BCUT2D eigenvalue weighted by atomic mass is 10.0. The third kappa shape index (κ3) is 3.60. The highest BCUT2D eigenvalue weighted by Crippen LogP contribution is 2.24. The molecule has 1 amide bonds. The molecule has 0 spiro atoms. The lowest BCUT2D eigenvalue weighted by Crippen LogP contribution is -2.37. The Morgan fingerprint density at radius 2 is 2.08 bits per heavy atom. The largest absolute Gasteiger partial charge is 0.476 e. The average Bonchev–Trinajstić information content (AvgIpc) is 2.97. The molecule has 0 atom stereocenters. The maximum Gasteiger partial charge on any atom is 0.356 e. The first-order valence-corrected chi connectivity index (χ1v) is 8.54. The van der Waals surface area contributed by atoms with Crippen LogP contribution in [-0.2, 0) is 19.5 Å². The van der Waals surface area contributed by atoms with Crippen LogP contribution in [0.5, 0.6) is 0 Å². The fourth-order valence-electron chi connectivity index (χ4n) is 3.17. The summed E-state index contributed by atoms with van der Waals surface area (Å²) in [5.41, 5.74) is 3.02. The van der Waals surface area contributed by atoms with Crippen molar-refractivity contribution in [1.82, 2.24) is 24.6 Å². The Bertz CT molecular complexity index is 843. The molecule has 3 rings (SSSR count). The molecule has 26 heavy (non-hydrogen) atoms. The van der Waals surface area contributed by atoms with Crippen LogP contribution in [0.25, 0.3) is 0 Å². The number of aryl methyl sites for hydroxylation is 1. The average molecular weight is 357 g/mol. The fraction of sp³-hybridized carbons (Fsp3) is 0.444. The summed E-state index contributed by atoms with van der Waals surface area (Å²) >= 11 is 0. The number of carbonyl (C=O) groups is 2. The number of pyridine rings is 1. The molecule has 0 aromatic carbocycles. The molecule has 1 aliphatic heterocycles. The molecule has 8 heteroatoms. The zero-order valence-corrected chi connectivity index (χ0v) is 15.3. The number of hydrogen-bond acceptors (Lipinski definition) is 5. The highest BCUT2D eigenvalue weighted by Gasteiger charge is 2.30. The molecule has 0 bridgehead atoms. The van der Waals surface area contributed by atoms with Gasteiger partial charge >= 0.3 is 5.97 Å². The van der Waals surface area contributed by atoms with E-state index in [9.17, 15) is 14.7 Å². The number of aromatic nitrogens is 3. The number of rotatable bonds is 5. The first-order valence-electron chi connectivity index (χ1n) is 8.54. The normalized spacial score (nSPS) is 13.8. The minimum atomic E-state index is -1.06. The smallest absolute Gasteiger partial charge is 0.356 e. The van der Waals surface area contributed by atoms with E-state index in [0.29, 0.717) is 30.6 Å². The summed E-state index contributed by atoms with van der Waals surface area (Å²) in [5.74, 6) is -1.19. The summed E-state index contributed by atoms with van der Waals surface area (Å²) in [7, 11) is 3.93. The summed E-state index contributed by atoms with van der Waals surface area (Å²) in [6, 6.07) is 1.80.